The van der Waals surface area contributed by atoms with E-state index >= 15 is 0 Å². The summed E-state index contributed by atoms with van der Waals surface area (Å²) < 4.78 is 0.823. The first-order valence-electron chi connectivity index (χ1n) is 5.88. The van der Waals surface area contributed by atoms with Crippen molar-refractivity contribution in [1.82, 2.24) is 4.98 Å². The second-order valence-corrected chi connectivity index (χ2v) is 6.73. The van der Waals surface area contributed by atoms with Gasteiger partial charge in [-0.1, -0.05) is 27.5 Å². The molecule has 0 fully saturated rings. The van der Waals surface area contributed by atoms with Gasteiger partial charge in [0.15, 0.2) is 5.13 Å². The lowest BCUT2D eigenvalue weighted by atomic mass is 10.2. The van der Waals surface area contributed by atoms with E-state index in [4.69, 9.17) is 11.6 Å². The maximum atomic E-state index is 12.2. The smallest absolute Gasteiger partial charge is 0.258 e. The zero-order valence-corrected chi connectivity index (χ0v) is 13.0. The van der Waals surface area contributed by atoms with Crippen molar-refractivity contribution in [3.8, 4) is 0 Å². The topological polar surface area (TPSA) is 42.0 Å². The minimum atomic E-state index is -0.223. The molecule has 2 aromatic rings. The minimum Gasteiger partial charge on any atom is -0.298 e. The van der Waals surface area contributed by atoms with Gasteiger partial charge in [0, 0.05) is 9.35 Å². The Morgan fingerprint density at radius 2 is 2.26 bits per heavy atom. The molecular formula is C13H10BrClN2OS. The summed E-state index contributed by atoms with van der Waals surface area (Å²) in [4.78, 5) is 17.9. The van der Waals surface area contributed by atoms with Gasteiger partial charge in [-0.15, -0.1) is 11.3 Å². The molecule has 0 saturated carbocycles. The Bertz CT molecular complexity index is 635. The van der Waals surface area contributed by atoms with E-state index in [1.165, 1.54) is 11.3 Å². The fourth-order valence-electron chi connectivity index (χ4n) is 2.08. The Morgan fingerprint density at radius 1 is 1.42 bits per heavy atom. The summed E-state index contributed by atoms with van der Waals surface area (Å²) in [6.07, 6.45) is 3.25. The summed E-state index contributed by atoms with van der Waals surface area (Å²) in [5, 5.41) is 3.91. The molecule has 1 aliphatic carbocycles. The molecule has 19 heavy (non-hydrogen) atoms. The van der Waals surface area contributed by atoms with Crippen molar-refractivity contribution in [2.45, 2.75) is 19.3 Å². The quantitative estimate of drug-likeness (QED) is 0.870. The Morgan fingerprint density at radius 3 is 3.05 bits per heavy atom. The lowest BCUT2D eigenvalue weighted by Crippen LogP contribution is -2.12. The summed E-state index contributed by atoms with van der Waals surface area (Å²) in [6.45, 7) is 0. The molecule has 1 aromatic heterocycles. The second-order valence-electron chi connectivity index (χ2n) is 4.32. The predicted molar refractivity (Wildman–Crippen MR) is 81.2 cm³/mol. The van der Waals surface area contributed by atoms with Gasteiger partial charge in [-0.3, -0.25) is 10.1 Å². The highest BCUT2D eigenvalue weighted by Crippen LogP contribution is 2.31. The highest BCUT2D eigenvalue weighted by atomic mass is 79.9. The number of carbonyl (C=O) groups excluding carboxylic acids is 1. The van der Waals surface area contributed by atoms with Crippen LogP contribution in [-0.4, -0.2) is 10.9 Å². The first kappa shape index (κ1) is 13.1. The van der Waals surface area contributed by atoms with Crippen LogP contribution in [0.1, 0.15) is 27.3 Å². The summed E-state index contributed by atoms with van der Waals surface area (Å²) in [6, 6.07) is 5.21. The van der Waals surface area contributed by atoms with Crippen molar-refractivity contribution in [2.75, 3.05) is 5.32 Å². The van der Waals surface area contributed by atoms with Crippen LogP contribution >= 0.6 is 38.9 Å². The van der Waals surface area contributed by atoms with E-state index in [0.717, 1.165) is 23.0 Å². The van der Waals surface area contributed by atoms with Gasteiger partial charge in [-0.25, -0.2) is 4.98 Å². The number of benzene rings is 1. The SMILES string of the molecule is O=C(Nc1nc2c(s1)CCC2)c1cc(Br)ccc1Cl. The highest BCUT2D eigenvalue weighted by molar-refractivity contribution is 9.10. The third-order valence-corrected chi connectivity index (χ3v) is 4.88. The van der Waals surface area contributed by atoms with Gasteiger partial charge in [0.1, 0.15) is 0 Å². The average molecular weight is 358 g/mol. The van der Waals surface area contributed by atoms with Crippen LogP contribution in [0, 0.1) is 0 Å². The van der Waals surface area contributed by atoms with Gasteiger partial charge < -0.3 is 0 Å². The molecule has 3 nitrogen and oxygen atoms in total. The number of rotatable bonds is 2. The standard InChI is InChI=1S/C13H10BrClN2OS/c14-7-4-5-9(15)8(6-7)12(18)17-13-16-10-2-1-3-11(10)19-13/h4-6H,1-3H2,(H,16,17,18). The summed E-state index contributed by atoms with van der Waals surface area (Å²) >= 11 is 10.9. The van der Waals surface area contributed by atoms with Crippen molar-refractivity contribution in [1.29, 1.82) is 0 Å². The number of fused-ring (bicyclic) bond motifs is 1. The molecule has 1 aromatic carbocycles. The Hall–Kier alpha value is -0.910. The number of aryl methyl sites for hydroxylation is 2. The molecule has 0 unspecified atom stereocenters. The summed E-state index contributed by atoms with van der Waals surface area (Å²) in [5.41, 5.74) is 1.58. The third-order valence-electron chi connectivity index (χ3n) is 2.99. The fourth-order valence-corrected chi connectivity index (χ4v) is 3.69. The van der Waals surface area contributed by atoms with Crippen LogP contribution < -0.4 is 5.32 Å². The Labute approximate surface area is 128 Å². The molecule has 1 heterocycles. The zero-order chi connectivity index (χ0) is 13.4. The van der Waals surface area contributed by atoms with Crippen molar-refractivity contribution < 1.29 is 4.79 Å². The number of aromatic nitrogens is 1. The number of thiazole rings is 1. The first-order valence-corrected chi connectivity index (χ1v) is 7.87. The normalized spacial score (nSPS) is 13.4. The maximum Gasteiger partial charge on any atom is 0.258 e. The molecule has 3 rings (SSSR count). The van der Waals surface area contributed by atoms with Gasteiger partial charge in [-0.2, -0.15) is 0 Å². The Kier molecular flexibility index (Phi) is 3.60. The van der Waals surface area contributed by atoms with E-state index in [1.807, 2.05) is 0 Å². The van der Waals surface area contributed by atoms with Crippen LogP contribution in [0.4, 0.5) is 5.13 Å². The van der Waals surface area contributed by atoms with Gasteiger partial charge in [-0.05, 0) is 37.5 Å². The molecule has 1 N–H and O–H groups in total. The van der Waals surface area contributed by atoms with Crippen molar-refractivity contribution in [3.05, 3.63) is 43.8 Å². The molecule has 0 bridgehead atoms. The third kappa shape index (κ3) is 2.68. The number of amides is 1. The van der Waals surface area contributed by atoms with Gasteiger partial charge in [0.25, 0.3) is 5.91 Å². The van der Waals surface area contributed by atoms with Crippen molar-refractivity contribution in [3.63, 3.8) is 0 Å². The molecule has 98 valence electrons. The van der Waals surface area contributed by atoms with Crippen molar-refractivity contribution >= 4 is 49.9 Å². The first-order chi connectivity index (χ1) is 9.13. The van der Waals surface area contributed by atoms with E-state index in [-0.39, 0.29) is 5.91 Å². The van der Waals surface area contributed by atoms with Crippen LogP contribution in [0.5, 0.6) is 0 Å². The molecule has 0 aliphatic heterocycles. The predicted octanol–water partition coefficient (Wildman–Crippen LogP) is 4.30. The van der Waals surface area contributed by atoms with Gasteiger partial charge in [0.2, 0.25) is 0 Å². The lowest BCUT2D eigenvalue weighted by molar-refractivity contribution is 0.102. The fraction of sp³-hybridized carbons (Fsp3) is 0.231. The molecule has 1 aliphatic rings. The number of carbonyl (C=O) groups is 1. The molecular weight excluding hydrogens is 348 g/mol. The van der Waals surface area contributed by atoms with Gasteiger partial charge >= 0.3 is 0 Å². The van der Waals surface area contributed by atoms with Crippen LogP contribution in [0.25, 0.3) is 0 Å². The van der Waals surface area contributed by atoms with Gasteiger partial charge in [0.05, 0.1) is 16.3 Å². The zero-order valence-electron chi connectivity index (χ0n) is 9.87. The van der Waals surface area contributed by atoms with Crippen LogP contribution in [0.3, 0.4) is 0 Å². The number of anilines is 1. The van der Waals surface area contributed by atoms with E-state index in [9.17, 15) is 4.79 Å². The molecule has 6 heteroatoms. The van der Waals surface area contributed by atoms with E-state index in [0.29, 0.717) is 15.7 Å². The average Bonchev–Trinajstić information content (AvgIpc) is 2.92. The number of nitrogens with zero attached hydrogens (tertiary/aromatic N) is 1. The number of hydrogen-bond donors (Lipinski definition) is 1. The highest BCUT2D eigenvalue weighted by Gasteiger charge is 2.19. The second kappa shape index (κ2) is 5.23. The molecule has 0 radical (unpaired) electrons. The molecule has 0 saturated heterocycles. The lowest BCUT2D eigenvalue weighted by Gasteiger charge is -2.04. The maximum absolute atomic E-state index is 12.2. The molecule has 0 spiro atoms. The number of nitrogens with one attached hydrogen (secondary N) is 1. The van der Waals surface area contributed by atoms with E-state index < -0.39 is 0 Å². The number of hydrogen-bond acceptors (Lipinski definition) is 3. The monoisotopic (exact) mass is 356 g/mol. The summed E-state index contributed by atoms with van der Waals surface area (Å²) in [7, 11) is 0. The van der Waals surface area contributed by atoms with Crippen LogP contribution in [0.2, 0.25) is 5.02 Å². The van der Waals surface area contributed by atoms with E-state index in [1.54, 1.807) is 29.5 Å². The molecule has 1 amide bonds. The Balaban J connectivity index is 1.82. The van der Waals surface area contributed by atoms with Crippen molar-refractivity contribution in [2.24, 2.45) is 0 Å². The van der Waals surface area contributed by atoms with Crippen LogP contribution in [0.15, 0.2) is 22.7 Å². The molecule has 0 atom stereocenters. The summed E-state index contributed by atoms with van der Waals surface area (Å²) in [5.74, 6) is -0.223. The number of halogens is 2. The largest absolute Gasteiger partial charge is 0.298 e. The van der Waals surface area contributed by atoms with Crippen LogP contribution in [-0.2, 0) is 12.8 Å². The minimum absolute atomic E-state index is 0.223. The van der Waals surface area contributed by atoms with E-state index in [2.05, 4.69) is 26.2 Å².